The normalized spacial score (nSPS) is 10.4. The molecule has 1 aromatic carbocycles. The highest BCUT2D eigenvalue weighted by Gasteiger charge is 2.21. The second-order valence-corrected chi connectivity index (χ2v) is 5.40. The predicted octanol–water partition coefficient (Wildman–Crippen LogP) is 4.05. The molecular formula is C11H7ClFNO2S2. The third kappa shape index (κ3) is 2.31. The van der Waals surface area contributed by atoms with Gasteiger partial charge >= 0.3 is 5.97 Å². The van der Waals surface area contributed by atoms with Crippen molar-refractivity contribution in [2.75, 3.05) is 7.11 Å². The molecule has 18 heavy (non-hydrogen) atoms. The summed E-state index contributed by atoms with van der Waals surface area (Å²) in [5.41, 5.74) is 0.261. The average Bonchev–Trinajstić information content (AvgIpc) is 2.70. The first kappa shape index (κ1) is 13.2. The largest absolute Gasteiger partial charge is 0.464 e. The average molecular weight is 304 g/mol. The zero-order chi connectivity index (χ0) is 13.3. The van der Waals surface area contributed by atoms with E-state index in [1.54, 1.807) is 6.07 Å². The Morgan fingerprint density at radius 3 is 2.89 bits per heavy atom. The van der Waals surface area contributed by atoms with Gasteiger partial charge in [-0.05, 0) is 24.4 Å². The highest BCUT2D eigenvalue weighted by molar-refractivity contribution is 7.73. The smallest absolute Gasteiger partial charge is 0.356 e. The lowest BCUT2D eigenvalue weighted by molar-refractivity contribution is 0.0595. The van der Waals surface area contributed by atoms with Gasteiger partial charge in [-0.3, -0.25) is 0 Å². The number of halogens is 2. The molecule has 1 N–H and O–H groups in total. The van der Waals surface area contributed by atoms with Crippen molar-refractivity contribution < 1.29 is 13.9 Å². The van der Waals surface area contributed by atoms with Crippen LogP contribution in [0.25, 0.3) is 10.4 Å². The van der Waals surface area contributed by atoms with Gasteiger partial charge in [0.05, 0.1) is 17.0 Å². The van der Waals surface area contributed by atoms with E-state index in [-0.39, 0.29) is 16.3 Å². The molecule has 0 aliphatic carbocycles. The van der Waals surface area contributed by atoms with Gasteiger partial charge < -0.3 is 9.72 Å². The second kappa shape index (κ2) is 5.17. The van der Waals surface area contributed by atoms with Crippen LogP contribution in [0, 0.1) is 9.77 Å². The summed E-state index contributed by atoms with van der Waals surface area (Å²) in [6, 6.07) is 4.31. The molecule has 94 valence electrons. The molecule has 0 radical (unpaired) electrons. The maximum Gasteiger partial charge on any atom is 0.356 e. The predicted molar refractivity (Wildman–Crippen MR) is 71.2 cm³/mol. The zero-order valence-corrected chi connectivity index (χ0v) is 11.5. The van der Waals surface area contributed by atoms with Crippen LogP contribution in [0.2, 0.25) is 5.02 Å². The van der Waals surface area contributed by atoms with Crippen LogP contribution in [-0.2, 0) is 4.74 Å². The fraction of sp³-hybridized carbons (Fsp3) is 0.0909. The monoisotopic (exact) mass is 303 g/mol. The number of esters is 1. The number of methoxy groups -OCH3 is 1. The molecule has 1 heterocycles. The molecule has 2 rings (SSSR count). The van der Waals surface area contributed by atoms with E-state index in [0.29, 0.717) is 8.83 Å². The lowest BCUT2D eigenvalue weighted by Gasteiger charge is -2.05. The molecule has 2 aromatic rings. The molecule has 0 aliphatic rings. The Hall–Kier alpha value is -1.24. The first-order valence-corrected chi connectivity index (χ1v) is 6.40. The van der Waals surface area contributed by atoms with E-state index in [1.165, 1.54) is 19.2 Å². The molecule has 0 spiro atoms. The summed E-state index contributed by atoms with van der Waals surface area (Å²) in [4.78, 5) is 14.6. The number of rotatable bonds is 2. The minimum absolute atomic E-state index is 0.111. The number of nitrogens with one attached hydrogen (secondary N) is 1. The number of hydrogen-bond acceptors (Lipinski definition) is 4. The Balaban J connectivity index is 2.72. The SMILES string of the molecule is COC(=O)c1[nH]c(=S)sc1-c1c(F)cccc1Cl. The van der Waals surface area contributed by atoms with E-state index < -0.39 is 11.8 Å². The number of H-pyrrole nitrogens is 1. The van der Waals surface area contributed by atoms with Crippen molar-refractivity contribution in [1.82, 2.24) is 4.98 Å². The number of hydrogen-bond donors (Lipinski definition) is 1. The lowest BCUT2D eigenvalue weighted by atomic mass is 10.1. The number of carbonyl (C=O) groups excluding carboxylic acids is 1. The van der Waals surface area contributed by atoms with Crippen molar-refractivity contribution >= 4 is 41.1 Å². The van der Waals surface area contributed by atoms with Gasteiger partial charge in [-0.15, -0.1) is 11.3 Å². The highest BCUT2D eigenvalue weighted by Crippen LogP contribution is 2.36. The van der Waals surface area contributed by atoms with Crippen LogP contribution in [0.15, 0.2) is 18.2 Å². The fourth-order valence-corrected chi connectivity index (χ4v) is 3.01. The molecular weight excluding hydrogens is 297 g/mol. The third-order valence-corrected chi connectivity index (χ3v) is 3.80. The minimum atomic E-state index is -0.614. The van der Waals surface area contributed by atoms with Gasteiger partial charge in [-0.25, -0.2) is 9.18 Å². The molecule has 0 amide bonds. The Bertz CT molecular complexity index is 645. The van der Waals surface area contributed by atoms with E-state index >= 15 is 0 Å². The van der Waals surface area contributed by atoms with Crippen LogP contribution < -0.4 is 0 Å². The van der Waals surface area contributed by atoms with E-state index in [9.17, 15) is 9.18 Å². The second-order valence-electron chi connectivity index (χ2n) is 3.31. The first-order chi connectivity index (χ1) is 8.54. The number of thiazole rings is 1. The number of aromatic nitrogens is 1. The summed E-state index contributed by atoms with van der Waals surface area (Å²) < 4.78 is 18.8. The molecule has 7 heteroatoms. The van der Waals surface area contributed by atoms with Crippen LogP contribution in [-0.4, -0.2) is 18.1 Å². The first-order valence-electron chi connectivity index (χ1n) is 4.80. The lowest BCUT2D eigenvalue weighted by Crippen LogP contribution is -2.03. The summed E-state index contributed by atoms with van der Waals surface area (Å²) in [5, 5.41) is 0.213. The molecule has 0 unspecified atom stereocenters. The van der Waals surface area contributed by atoms with Gasteiger partial charge in [-0.1, -0.05) is 17.7 Å². The molecule has 0 atom stereocenters. The Labute approximate surface area is 116 Å². The van der Waals surface area contributed by atoms with Crippen LogP contribution >= 0.6 is 35.2 Å². The van der Waals surface area contributed by atoms with Gasteiger partial charge in [0.1, 0.15) is 11.5 Å². The highest BCUT2D eigenvalue weighted by atomic mass is 35.5. The Kier molecular flexibility index (Phi) is 3.79. The third-order valence-electron chi connectivity index (χ3n) is 2.23. The summed E-state index contributed by atoms with van der Waals surface area (Å²) in [5.74, 6) is -1.13. The van der Waals surface area contributed by atoms with Crippen molar-refractivity contribution in [3.8, 4) is 10.4 Å². The quantitative estimate of drug-likeness (QED) is 0.672. The van der Waals surface area contributed by atoms with Crippen molar-refractivity contribution in [2.24, 2.45) is 0 Å². The number of carbonyl (C=O) groups is 1. The molecule has 0 saturated heterocycles. The Morgan fingerprint density at radius 1 is 1.56 bits per heavy atom. The van der Waals surface area contributed by atoms with Crippen LogP contribution in [0.3, 0.4) is 0 Å². The summed E-state index contributed by atoms with van der Waals surface area (Å²) >= 11 is 12.0. The van der Waals surface area contributed by atoms with Crippen molar-refractivity contribution in [3.05, 3.63) is 38.7 Å². The molecule has 3 nitrogen and oxygen atoms in total. The summed E-state index contributed by atoms with van der Waals surface area (Å²) in [6.45, 7) is 0. The van der Waals surface area contributed by atoms with Gasteiger partial charge in [0, 0.05) is 5.56 Å². The van der Waals surface area contributed by atoms with E-state index in [0.717, 1.165) is 11.3 Å². The van der Waals surface area contributed by atoms with Crippen LogP contribution in [0.5, 0.6) is 0 Å². The van der Waals surface area contributed by atoms with Gasteiger partial charge in [-0.2, -0.15) is 0 Å². The van der Waals surface area contributed by atoms with E-state index in [4.69, 9.17) is 23.8 Å². The topological polar surface area (TPSA) is 42.1 Å². The molecule has 0 saturated carbocycles. The van der Waals surface area contributed by atoms with E-state index in [2.05, 4.69) is 9.72 Å². The van der Waals surface area contributed by atoms with Crippen LogP contribution in [0.4, 0.5) is 4.39 Å². The van der Waals surface area contributed by atoms with Crippen molar-refractivity contribution in [1.29, 1.82) is 0 Å². The van der Waals surface area contributed by atoms with Crippen LogP contribution in [0.1, 0.15) is 10.5 Å². The molecule has 0 aliphatic heterocycles. The standard InChI is InChI=1S/C11H7ClFNO2S2/c1-16-10(15)8-9(18-11(17)14-8)7-5(12)3-2-4-6(7)13/h2-4H,1H3,(H,14,17). The van der Waals surface area contributed by atoms with Crippen molar-refractivity contribution in [2.45, 2.75) is 0 Å². The number of ether oxygens (including phenoxy) is 1. The zero-order valence-electron chi connectivity index (χ0n) is 9.12. The molecule has 0 bridgehead atoms. The number of aromatic amines is 1. The summed E-state index contributed by atoms with van der Waals surface area (Å²) in [6.07, 6.45) is 0. The van der Waals surface area contributed by atoms with Gasteiger partial charge in [0.15, 0.2) is 3.95 Å². The minimum Gasteiger partial charge on any atom is -0.464 e. The number of benzene rings is 1. The van der Waals surface area contributed by atoms with E-state index in [1.807, 2.05) is 0 Å². The maximum atomic E-state index is 13.8. The fourth-order valence-electron chi connectivity index (χ4n) is 1.46. The molecule has 0 fully saturated rings. The molecule has 1 aromatic heterocycles. The Morgan fingerprint density at radius 2 is 2.28 bits per heavy atom. The maximum absolute atomic E-state index is 13.8. The summed E-state index contributed by atoms with van der Waals surface area (Å²) in [7, 11) is 1.24. The van der Waals surface area contributed by atoms with Gasteiger partial charge in [0.2, 0.25) is 0 Å². The van der Waals surface area contributed by atoms with Crippen molar-refractivity contribution in [3.63, 3.8) is 0 Å². The van der Waals surface area contributed by atoms with Gasteiger partial charge in [0.25, 0.3) is 0 Å².